The number of furan rings is 1. The molecule has 0 saturated heterocycles. The van der Waals surface area contributed by atoms with E-state index in [1.807, 2.05) is 66.7 Å². The molecular formula is C28H19BrN2O3. The van der Waals surface area contributed by atoms with Gasteiger partial charge in [-0.25, -0.2) is 4.99 Å². The molecule has 1 heterocycles. The van der Waals surface area contributed by atoms with Crippen LogP contribution in [0.2, 0.25) is 0 Å². The molecule has 1 aromatic heterocycles. The lowest BCUT2D eigenvalue weighted by atomic mass is 9.98. The molecule has 0 aliphatic rings. The number of ether oxygens (including phenoxy) is 2. The van der Waals surface area contributed by atoms with Gasteiger partial charge in [0.1, 0.15) is 24.0 Å². The van der Waals surface area contributed by atoms with Crippen molar-refractivity contribution in [2.24, 2.45) is 4.99 Å². The van der Waals surface area contributed by atoms with Gasteiger partial charge < -0.3 is 13.9 Å². The number of methoxy groups -OCH3 is 1. The summed E-state index contributed by atoms with van der Waals surface area (Å²) in [7, 11) is 1.55. The van der Waals surface area contributed by atoms with Crippen LogP contribution in [0.15, 0.2) is 86.7 Å². The van der Waals surface area contributed by atoms with Crippen LogP contribution in [0.3, 0.4) is 0 Å². The quantitative estimate of drug-likeness (QED) is 0.198. The molecular weight excluding hydrogens is 492 g/mol. The molecule has 0 fully saturated rings. The zero-order valence-electron chi connectivity index (χ0n) is 18.3. The van der Waals surface area contributed by atoms with Crippen molar-refractivity contribution >= 4 is 28.0 Å². The minimum atomic E-state index is 0.0688. The summed E-state index contributed by atoms with van der Waals surface area (Å²) in [5, 5.41) is 10.1. The van der Waals surface area contributed by atoms with Gasteiger partial charge in [-0.15, -0.1) is 6.42 Å². The minimum Gasteiger partial charge on any atom is -0.493 e. The number of hydrogen-bond donors (Lipinski definition) is 0. The Labute approximate surface area is 206 Å². The molecule has 0 spiro atoms. The van der Waals surface area contributed by atoms with Crippen molar-refractivity contribution in [1.82, 2.24) is 0 Å². The van der Waals surface area contributed by atoms with Crippen molar-refractivity contribution in [3.05, 3.63) is 88.4 Å². The molecule has 0 aliphatic heterocycles. The molecule has 5 nitrogen and oxygen atoms in total. The Hall–Kier alpha value is -4.26. The van der Waals surface area contributed by atoms with Crippen LogP contribution in [0.5, 0.6) is 11.5 Å². The Morgan fingerprint density at radius 3 is 2.35 bits per heavy atom. The molecule has 166 valence electrons. The Balaban J connectivity index is 1.87. The summed E-state index contributed by atoms with van der Waals surface area (Å²) in [6.45, 7) is 0.0688. The van der Waals surface area contributed by atoms with E-state index < -0.39 is 0 Å². The maximum atomic E-state index is 10.1. The number of nitriles is 1. The lowest BCUT2D eigenvalue weighted by molar-refractivity contribution is 0.330. The molecule has 6 heteroatoms. The van der Waals surface area contributed by atoms with Crippen LogP contribution in [0.1, 0.15) is 11.1 Å². The average molecular weight is 511 g/mol. The highest BCUT2D eigenvalue weighted by atomic mass is 79.9. The van der Waals surface area contributed by atoms with Crippen LogP contribution in [0.25, 0.3) is 22.5 Å². The van der Waals surface area contributed by atoms with E-state index in [1.54, 1.807) is 19.4 Å². The summed E-state index contributed by atoms with van der Waals surface area (Å²) in [4.78, 5) is 4.54. The molecule has 0 radical (unpaired) electrons. The monoisotopic (exact) mass is 510 g/mol. The van der Waals surface area contributed by atoms with Crippen molar-refractivity contribution in [3.63, 3.8) is 0 Å². The summed E-state index contributed by atoms with van der Waals surface area (Å²) < 4.78 is 18.1. The fraction of sp³-hybridized carbons (Fsp3) is 0.0714. The van der Waals surface area contributed by atoms with Crippen LogP contribution in [-0.2, 0) is 0 Å². The number of aliphatic imine (C=N–C) groups is 1. The minimum absolute atomic E-state index is 0.0688. The second-order valence-corrected chi connectivity index (χ2v) is 8.02. The van der Waals surface area contributed by atoms with E-state index in [0.29, 0.717) is 33.9 Å². The highest BCUT2D eigenvalue weighted by Gasteiger charge is 2.23. The highest BCUT2D eigenvalue weighted by Crippen LogP contribution is 2.42. The van der Waals surface area contributed by atoms with Crippen LogP contribution >= 0.6 is 15.9 Å². The van der Waals surface area contributed by atoms with Crippen LogP contribution < -0.4 is 9.47 Å². The third-order valence-electron chi connectivity index (χ3n) is 4.99. The van der Waals surface area contributed by atoms with Gasteiger partial charge in [-0.3, -0.25) is 0 Å². The number of nitrogens with zero attached hydrogens (tertiary/aromatic N) is 2. The van der Waals surface area contributed by atoms with Crippen LogP contribution in [0.4, 0.5) is 5.88 Å². The Morgan fingerprint density at radius 1 is 1.06 bits per heavy atom. The molecule has 4 rings (SSSR count). The molecule has 0 bridgehead atoms. The summed E-state index contributed by atoms with van der Waals surface area (Å²) in [6, 6.07) is 25.2. The van der Waals surface area contributed by atoms with Crippen LogP contribution in [-0.4, -0.2) is 19.9 Å². The van der Waals surface area contributed by atoms with Gasteiger partial charge in [0, 0.05) is 27.4 Å². The SMILES string of the molecule is C#CCOc1c(C=Nc2oc(-c3ccccc3)c(-c3ccccc3)c2C#N)cc(Br)cc1OC. The molecule has 0 amide bonds. The van der Waals surface area contributed by atoms with E-state index in [-0.39, 0.29) is 12.5 Å². The zero-order valence-corrected chi connectivity index (χ0v) is 19.9. The van der Waals surface area contributed by atoms with Crippen molar-refractivity contribution in [2.45, 2.75) is 0 Å². The van der Waals surface area contributed by atoms with Crippen molar-refractivity contribution in [2.75, 3.05) is 13.7 Å². The maximum absolute atomic E-state index is 10.1. The van der Waals surface area contributed by atoms with Crippen LogP contribution in [0, 0.1) is 23.7 Å². The molecule has 34 heavy (non-hydrogen) atoms. The fourth-order valence-corrected chi connectivity index (χ4v) is 3.97. The predicted octanol–water partition coefficient (Wildman–Crippen LogP) is 7.02. The Bertz CT molecular complexity index is 1410. The summed E-state index contributed by atoms with van der Waals surface area (Å²) in [6.07, 6.45) is 6.94. The highest BCUT2D eigenvalue weighted by molar-refractivity contribution is 9.10. The first-order valence-electron chi connectivity index (χ1n) is 10.3. The Morgan fingerprint density at radius 2 is 1.74 bits per heavy atom. The lowest BCUT2D eigenvalue weighted by Crippen LogP contribution is -2.00. The molecule has 0 N–H and O–H groups in total. The summed E-state index contributed by atoms with van der Waals surface area (Å²) in [5.41, 5.74) is 3.36. The standard InChI is InChI=1S/C28H19BrN2O3/c1-3-14-33-26-21(15-22(29)16-24(26)32-2)18-31-28-23(17-30)25(19-10-6-4-7-11-19)27(34-28)20-12-8-5-9-13-20/h1,4-13,15-16,18H,14H2,2H3. The van der Waals surface area contributed by atoms with Gasteiger partial charge in [0.2, 0.25) is 5.88 Å². The molecule has 0 atom stereocenters. The van der Waals surface area contributed by atoms with Gasteiger partial charge in [0.15, 0.2) is 11.5 Å². The number of halogens is 1. The first-order valence-corrected chi connectivity index (χ1v) is 11.1. The second kappa shape index (κ2) is 10.6. The van der Waals surface area contributed by atoms with E-state index in [2.05, 4.69) is 32.9 Å². The third kappa shape index (κ3) is 4.73. The van der Waals surface area contributed by atoms with Gasteiger partial charge in [-0.1, -0.05) is 82.5 Å². The summed E-state index contributed by atoms with van der Waals surface area (Å²) >= 11 is 3.47. The molecule has 0 aliphatic carbocycles. The number of hydrogen-bond acceptors (Lipinski definition) is 5. The first-order chi connectivity index (χ1) is 16.7. The molecule has 0 saturated carbocycles. The lowest BCUT2D eigenvalue weighted by Gasteiger charge is -2.12. The largest absolute Gasteiger partial charge is 0.493 e. The van der Waals surface area contributed by atoms with E-state index in [0.717, 1.165) is 15.6 Å². The van der Waals surface area contributed by atoms with Crippen molar-refractivity contribution < 1.29 is 13.9 Å². The smallest absolute Gasteiger partial charge is 0.238 e. The summed E-state index contributed by atoms with van der Waals surface area (Å²) in [5.74, 6) is 4.17. The maximum Gasteiger partial charge on any atom is 0.238 e. The van der Waals surface area contributed by atoms with E-state index in [4.69, 9.17) is 20.3 Å². The first kappa shape index (κ1) is 22.9. The van der Waals surface area contributed by atoms with E-state index in [1.165, 1.54) is 0 Å². The van der Waals surface area contributed by atoms with Gasteiger partial charge in [0.25, 0.3) is 0 Å². The molecule has 3 aromatic carbocycles. The Kier molecular flexibility index (Phi) is 7.13. The topological polar surface area (TPSA) is 67.8 Å². The molecule has 0 unspecified atom stereocenters. The number of benzene rings is 3. The normalized spacial score (nSPS) is 10.6. The van der Waals surface area contributed by atoms with Crippen molar-refractivity contribution in [3.8, 4) is 52.4 Å². The van der Waals surface area contributed by atoms with Gasteiger partial charge in [-0.2, -0.15) is 5.26 Å². The predicted molar refractivity (Wildman–Crippen MR) is 137 cm³/mol. The average Bonchev–Trinajstić information content (AvgIpc) is 3.26. The zero-order chi connectivity index (χ0) is 23.9. The van der Waals surface area contributed by atoms with Crippen molar-refractivity contribution in [1.29, 1.82) is 5.26 Å². The van der Waals surface area contributed by atoms with Gasteiger partial charge in [-0.05, 0) is 17.7 Å². The second-order valence-electron chi connectivity index (χ2n) is 7.11. The third-order valence-corrected chi connectivity index (χ3v) is 5.45. The fourth-order valence-electron chi connectivity index (χ4n) is 3.52. The molecule has 4 aromatic rings. The van der Waals surface area contributed by atoms with Gasteiger partial charge >= 0.3 is 0 Å². The number of rotatable bonds is 7. The number of terminal acetylenes is 1. The van der Waals surface area contributed by atoms with Gasteiger partial charge in [0.05, 0.1) is 7.11 Å². The van der Waals surface area contributed by atoms with E-state index in [9.17, 15) is 5.26 Å². The van der Waals surface area contributed by atoms with E-state index >= 15 is 0 Å².